The van der Waals surface area contributed by atoms with Gasteiger partial charge in [0.05, 0.1) is 11.6 Å². The number of pyridine rings is 1. The summed E-state index contributed by atoms with van der Waals surface area (Å²) in [5.74, 6) is 0.348. The molecule has 0 saturated heterocycles. The average molecular weight is 255 g/mol. The van der Waals surface area contributed by atoms with E-state index in [1.54, 1.807) is 45.4 Å². The number of hydrogen-bond donors (Lipinski definition) is 0. The van der Waals surface area contributed by atoms with Crippen molar-refractivity contribution >= 4 is 5.91 Å². The topological polar surface area (TPSA) is 74.8 Å². The third-order valence-electron chi connectivity index (χ3n) is 2.52. The van der Waals surface area contributed by atoms with Gasteiger partial charge in [0.25, 0.3) is 5.91 Å². The molecule has 96 valence electrons. The first kappa shape index (κ1) is 12.8. The van der Waals surface area contributed by atoms with Crippen LogP contribution in [-0.4, -0.2) is 39.7 Å². The molecule has 0 aliphatic carbocycles. The molecule has 2 aromatic heterocycles. The summed E-state index contributed by atoms with van der Waals surface area (Å²) in [6.45, 7) is 1.81. The van der Waals surface area contributed by atoms with Gasteiger partial charge in [-0.25, -0.2) is 9.67 Å². The highest BCUT2D eigenvalue weighted by Crippen LogP contribution is 2.10. The smallest absolute Gasteiger partial charge is 0.273 e. The quantitative estimate of drug-likeness (QED) is 0.806. The second-order valence-electron chi connectivity index (χ2n) is 4.31. The number of carbonyl (C=O) groups excluding carboxylic acids is 1. The van der Waals surface area contributed by atoms with Crippen LogP contribution in [0, 0.1) is 18.3 Å². The molecule has 0 bridgehead atoms. The second-order valence-corrected chi connectivity index (χ2v) is 4.31. The van der Waals surface area contributed by atoms with Gasteiger partial charge in [-0.2, -0.15) is 10.4 Å². The molecule has 2 heterocycles. The van der Waals surface area contributed by atoms with Gasteiger partial charge in [-0.05, 0) is 19.1 Å². The first-order chi connectivity index (χ1) is 9.01. The third kappa shape index (κ3) is 2.60. The first-order valence-corrected chi connectivity index (χ1v) is 5.68. The summed E-state index contributed by atoms with van der Waals surface area (Å²) in [5.41, 5.74) is 1.58. The standard InChI is InChI=1S/C13H13N5O/c1-9-6-10(8-14)7-12(15-9)18-5-4-11(16-18)13(19)17(2)3/h4-7H,1-3H3. The van der Waals surface area contributed by atoms with Crippen LogP contribution >= 0.6 is 0 Å². The van der Waals surface area contributed by atoms with E-state index in [1.165, 1.54) is 9.58 Å². The summed E-state index contributed by atoms with van der Waals surface area (Å²) >= 11 is 0. The predicted molar refractivity (Wildman–Crippen MR) is 68.8 cm³/mol. The Hall–Kier alpha value is -2.68. The van der Waals surface area contributed by atoms with Crippen molar-refractivity contribution in [1.29, 1.82) is 5.26 Å². The fourth-order valence-electron chi connectivity index (χ4n) is 1.63. The molecule has 0 saturated carbocycles. The minimum atomic E-state index is -0.174. The normalized spacial score (nSPS) is 10.0. The molecule has 0 N–H and O–H groups in total. The van der Waals surface area contributed by atoms with Crippen molar-refractivity contribution in [3.8, 4) is 11.9 Å². The molecule has 0 spiro atoms. The zero-order valence-electron chi connectivity index (χ0n) is 11.0. The van der Waals surface area contributed by atoms with Crippen LogP contribution in [0.25, 0.3) is 5.82 Å². The van der Waals surface area contributed by atoms with E-state index in [1.807, 2.05) is 0 Å². The van der Waals surface area contributed by atoms with E-state index in [0.29, 0.717) is 17.1 Å². The van der Waals surface area contributed by atoms with Crippen molar-refractivity contribution in [2.24, 2.45) is 0 Å². The lowest BCUT2D eigenvalue weighted by molar-refractivity contribution is 0.0821. The summed E-state index contributed by atoms with van der Waals surface area (Å²) in [6, 6.07) is 7.02. The average Bonchev–Trinajstić information content (AvgIpc) is 2.86. The van der Waals surface area contributed by atoms with E-state index in [2.05, 4.69) is 16.2 Å². The van der Waals surface area contributed by atoms with Gasteiger partial charge in [0.2, 0.25) is 0 Å². The van der Waals surface area contributed by atoms with Crippen LogP contribution in [0.5, 0.6) is 0 Å². The molecule has 6 heteroatoms. The summed E-state index contributed by atoms with van der Waals surface area (Å²) < 4.78 is 1.49. The van der Waals surface area contributed by atoms with Crippen LogP contribution in [0.4, 0.5) is 0 Å². The maximum absolute atomic E-state index is 11.8. The van der Waals surface area contributed by atoms with Crippen molar-refractivity contribution in [3.05, 3.63) is 41.3 Å². The monoisotopic (exact) mass is 255 g/mol. The number of nitrogens with zero attached hydrogens (tertiary/aromatic N) is 5. The van der Waals surface area contributed by atoms with Crippen molar-refractivity contribution in [1.82, 2.24) is 19.7 Å². The number of hydrogen-bond acceptors (Lipinski definition) is 4. The molecule has 2 aromatic rings. The number of amides is 1. The summed E-state index contributed by atoms with van der Waals surface area (Å²) in [4.78, 5) is 17.5. The van der Waals surface area contributed by atoms with Gasteiger partial charge >= 0.3 is 0 Å². The Morgan fingerprint density at radius 3 is 2.79 bits per heavy atom. The molecule has 19 heavy (non-hydrogen) atoms. The van der Waals surface area contributed by atoms with Gasteiger partial charge in [0.15, 0.2) is 11.5 Å². The fourth-order valence-corrected chi connectivity index (χ4v) is 1.63. The second kappa shape index (κ2) is 4.90. The van der Waals surface area contributed by atoms with E-state index >= 15 is 0 Å². The number of aromatic nitrogens is 3. The summed E-state index contributed by atoms with van der Waals surface area (Å²) in [7, 11) is 3.33. The highest BCUT2D eigenvalue weighted by atomic mass is 16.2. The van der Waals surface area contributed by atoms with Crippen LogP contribution in [0.1, 0.15) is 21.7 Å². The molecular formula is C13H13N5O. The minimum Gasteiger partial charge on any atom is -0.343 e. The van der Waals surface area contributed by atoms with Gasteiger partial charge in [0.1, 0.15) is 0 Å². The van der Waals surface area contributed by atoms with E-state index < -0.39 is 0 Å². The van der Waals surface area contributed by atoms with Crippen LogP contribution in [-0.2, 0) is 0 Å². The van der Waals surface area contributed by atoms with E-state index in [9.17, 15) is 4.79 Å². The summed E-state index contributed by atoms with van der Waals surface area (Å²) in [6.07, 6.45) is 1.65. The lowest BCUT2D eigenvalue weighted by Crippen LogP contribution is -2.22. The Morgan fingerprint density at radius 1 is 1.42 bits per heavy atom. The molecule has 1 amide bonds. The maximum atomic E-state index is 11.8. The number of carbonyl (C=O) groups is 1. The van der Waals surface area contributed by atoms with Crippen LogP contribution in [0.2, 0.25) is 0 Å². The molecular weight excluding hydrogens is 242 g/mol. The molecule has 0 atom stereocenters. The lowest BCUT2D eigenvalue weighted by atomic mass is 10.2. The Balaban J connectivity index is 2.41. The van der Waals surface area contributed by atoms with Crippen molar-refractivity contribution in [3.63, 3.8) is 0 Å². The van der Waals surface area contributed by atoms with Gasteiger partial charge < -0.3 is 4.90 Å². The molecule has 0 fully saturated rings. The molecule has 0 unspecified atom stereocenters. The zero-order valence-corrected chi connectivity index (χ0v) is 11.0. The first-order valence-electron chi connectivity index (χ1n) is 5.68. The molecule has 0 aromatic carbocycles. The molecule has 6 nitrogen and oxygen atoms in total. The molecule has 0 aliphatic heterocycles. The van der Waals surface area contributed by atoms with E-state index in [-0.39, 0.29) is 5.91 Å². The Kier molecular flexibility index (Phi) is 3.29. The largest absolute Gasteiger partial charge is 0.343 e. The summed E-state index contributed by atoms with van der Waals surface area (Å²) in [5, 5.41) is 13.1. The Morgan fingerprint density at radius 2 is 2.16 bits per heavy atom. The van der Waals surface area contributed by atoms with Crippen LogP contribution in [0.3, 0.4) is 0 Å². The third-order valence-corrected chi connectivity index (χ3v) is 2.52. The molecule has 0 radical (unpaired) electrons. The van der Waals surface area contributed by atoms with Gasteiger partial charge in [-0.15, -0.1) is 0 Å². The highest BCUT2D eigenvalue weighted by molar-refractivity contribution is 5.91. The number of nitriles is 1. The van der Waals surface area contributed by atoms with E-state index in [4.69, 9.17) is 5.26 Å². The molecule has 2 rings (SSSR count). The predicted octanol–water partition coefficient (Wildman–Crippen LogP) is 1.15. The van der Waals surface area contributed by atoms with Gasteiger partial charge in [0, 0.05) is 32.1 Å². The Bertz CT molecular complexity index is 666. The number of rotatable bonds is 2. The van der Waals surface area contributed by atoms with Crippen molar-refractivity contribution < 1.29 is 4.79 Å². The van der Waals surface area contributed by atoms with Crippen molar-refractivity contribution in [2.75, 3.05) is 14.1 Å². The van der Waals surface area contributed by atoms with Gasteiger partial charge in [-0.1, -0.05) is 0 Å². The zero-order chi connectivity index (χ0) is 14.0. The van der Waals surface area contributed by atoms with Gasteiger partial charge in [-0.3, -0.25) is 4.79 Å². The fraction of sp³-hybridized carbons (Fsp3) is 0.231. The maximum Gasteiger partial charge on any atom is 0.273 e. The van der Waals surface area contributed by atoms with E-state index in [0.717, 1.165) is 5.69 Å². The van der Waals surface area contributed by atoms with Crippen molar-refractivity contribution in [2.45, 2.75) is 6.92 Å². The molecule has 0 aliphatic rings. The Labute approximate surface area is 110 Å². The SMILES string of the molecule is Cc1cc(C#N)cc(-n2ccc(C(=O)N(C)C)n2)n1. The number of aryl methyl sites for hydroxylation is 1. The minimum absolute atomic E-state index is 0.174. The van der Waals surface area contributed by atoms with Crippen LogP contribution < -0.4 is 0 Å². The lowest BCUT2D eigenvalue weighted by Gasteiger charge is -2.07. The van der Waals surface area contributed by atoms with Crippen LogP contribution in [0.15, 0.2) is 24.4 Å². The highest BCUT2D eigenvalue weighted by Gasteiger charge is 2.12.